The molecule has 2 aliphatic heterocycles. The number of rotatable bonds is 6. The Balaban J connectivity index is 1.44. The van der Waals surface area contributed by atoms with Crippen molar-refractivity contribution < 1.29 is 19.1 Å². The maximum atomic E-state index is 12.9. The van der Waals surface area contributed by atoms with Gasteiger partial charge in [0.25, 0.3) is 11.8 Å². The highest BCUT2D eigenvalue weighted by molar-refractivity contribution is 6.31. The normalized spacial score (nSPS) is 19.9. The van der Waals surface area contributed by atoms with Gasteiger partial charge in [-0.3, -0.25) is 19.4 Å². The van der Waals surface area contributed by atoms with E-state index in [2.05, 4.69) is 15.7 Å². The summed E-state index contributed by atoms with van der Waals surface area (Å²) in [4.78, 5) is 39.1. The van der Waals surface area contributed by atoms with Gasteiger partial charge in [0.1, 0.15) is 12.3 Å². The molecule has 30 heavy (non-hydrogen) atoms. The molecule has 1 saturated heterocycles. The lowest BCUT2D eigenvalue weighted by Crippen LogP contribution is -2.43. The van der Waals surface area contributed by atoms with Crippen molar-refractivity contribution in [2.75, 3.05) is 23.4 Å². The fourth-order valence-corrected chi connectivity index (χ4v) is 3.56. The van der Waals surface area contributed by atoms with Gasteiger partial charge >= 0.3 is 0 Å². The van der Waals surface area contributed by atoms with Crippen LogP contribution in [0.25, 0.3) is 0 Å². The number of ether oxygens (including phenoxy) is 1. The summed E-state index contributed by atoms with van der Waals surface area (Å²) in [6, 6.07) is 11.4. The Bertz CT molecular complexity index is 1030. The van der Waals surface area contributed by atoms with E-state index in [9.17, 15) is 14.4 Å². The monoisotopic (exact) mass is 427 g/mol. The second-order valence-corrected chi connectivity index (χ2v) is 7.13. The number of nitrogens with zero attached hydrogens (tertiary/aromatic N) is 4. The third-order valence-corrected chi connectivity index (χ3v) is 4.91. The average Bonchev–Trinajstić information content (AvgIpc) is 3.23. The third kappa shape index (κ3) is 3.71. The Hall–Kier alpha value is -3.46. The first kappa shape index (κ1) is 19.8. The smallest absolute Gasteiger partial charge is 0.263 e. The summed E-state index contributed by atoms with van der Waals surface area (Å²) in [5.41, 5.74) is 0.936. The minimum atomic E-state index is -0.977. The Labute approximate surface area is 177 Å². The van der Waals surface area contributed by atoms with Gasteiger partial charge in [0.15, 0.2) is 12.1 Å². The molecule has 9 nitrogen and oxygen atoms in total. The summed E-state index contributed by atoms with van der Waals surface area (Å²) < 4.78 is 5.37. The number of amides is 3. The van der Waals surface area contributed by atoms with Crippen LogP contribution in [0.4, 0.5) is 11.4 Å². The standard InChI is InChI=1S/C20H18ClN5O4/c1-2-30-15-8-6-13(7-9-15)22-16(27)11-25-18-17(23-24-25)19(28)26(20(18)29)14-5-3-4-12(21)10-14/h3-10,17-18H,2,11H2,1H3,(H,22,27)/t17-,18+/m0/s1. The van der Waals surface area contributed by atoms with Crippen molar-refractivity contribution in [2.24, 2.45) is 10.3 Å². The van der Waals surface area contributed by atoms with Gasteiger partial charge in [0.05, 0.1) is 12.3 Å². The van der Waals surface area contributed by atoms with Crippen LogP contribution in [-0.4, -0.2) is 48.0 Å². The van der Waals surface area contributed by atoms with Gasteiger partial charge in [-0.15, -0.1) is 0 Å². The summed E-state index contributed by atoms with van der Waals surface area (Å²) >= 11 is 5.98. The van der Waals surface area contributed by atoms with Crippen LogP contribution in [0, 0.1) is 0 Å². The first-order valence-corrected chi connectivity index (χ1v) is 9.69. The van der Waals surface area contributed by atoms with E-state index in [1.54, 1.807) is 42.5 Å². The van der Waals surface area contributed by atoms with Crippen molar-refractivity contribution >= 4 is 40.7 Å². The van der Waals surface area contributed by atoms with Crippen LogP contribution >= 0.6 is 11.6 Å². The minimum Gasteiger partial charge on any atom is -0.494 e. The molecule has 1 N–H and O–H groups in total. The second-order valence-electron chi connectivity index (χ2n) is 6.69. The summed E-state index contributed by atoms with van der Waals surface area (Å²) in [5.74, 6) is -0.681. The van der Waals surface area contributed by atoms with Gasteiger partial charge in [0, 0.05) is 10.7 Å². The Morgan fingerprint density at radius 2 is 1.93 bits per heavy atom. The molecule has 0 saturated carbocycles. The molecule has 0 spiro atoms. The number of imide groups is 1. The maximum absolute atomic E-state index is 12.9. The fourth-order valence-electron chi connectivity index (χ4n) is 3.37. The zero-order valence-electron chi connectivity index (χ0n) is 16.0. The van der Waals surface area contributed by atoms with E-state index in [1.165, 1.54) is 11.1 Å². The Morgan fingerprint density at radius 1 is 1.17 bits per heavy atom. The summed E-state index contributed by atoms with van der Waals surface area (Å²) in [7, 11) is 0. The van der Waals surface area contributed by atoms with Crippen molar-refractivity contribution in [1.82, 2.24) is 5.01 Å². The maximum Gasteiger partial charge on any atom is 0.263 e. The molecule has 0 aromatic heterocycles. The van der Waals surface area contributed by atoms with E-state index < -0.39 is 23.9 Å². The zero-order chi connectivity index (χ0) is 21.3. The van der Waals surface area contributed by atoms with E-state index >= 15 is 0 Å². The molecular formula is C20H18ClN5O4. The highest BCUT2D eigenvalue weighted by Gasteiger charge is 2.55. The molecule has 2 aromatic rings. The van der Waals surface area contributed by atoms with E-state index in [0.717, 1.165) is 4.90 Å². The lowest BCUT2D eigenvalue weighted by atomic mass is 10.1. The Kier molecular flexibility index (Phi) is 5.37. The number of fused-ring (bicyclic) bond motifs is 1. The number of halogens is 1. The van der Waals surface area contributed by atoms with E-state index in [1.807, 2.05) is 6.92 Å². The minimum absolute atomic E-state index is 0.222. The van der Waals surface area contributed by atoms with Gasteiger partial charge in [-0.2, -0.15) is 5.11 Å². The predicted molar refractivity (Wildman–Crippen MR) is 109 cm³/mol. The molecule has 2 aromatic carbocycles. The van der Waals surface area contributed by atoms with Gasteiger partial charge < -0.3 is 10.1 Å². The van der Waals surface area contributed by atoms with Crippen LogP contribution in [0.1, 0.15) is 6.92 Å². The van der Waals surface area contributed by atoms with Crippen molar-refractivity contribution in [3.8, 4) is 5.75 Å². The lowest BCUT2D eigenvalue weighted by molar-refractivity contribution is -0.123. The first-order chi connectivity index (χ1) is 14.5. The fraction of sp³-hybridized carbons (Fsp3) is 0.250. The van der Waals surface area contributed by atoms with Crippen molar-refractivity contribution in [2.45, 2.75) is 19.0 Å². The molecule has 10 heteroatoms. The molecular weight excluding hydrogens is 410 g/mol. The number of anilines is 2. The highest BCUT2D eigenvalue weighted by atomic mass is 35.5. The first-order valence-electron chi connectivity index (χ1n) is 9.31. The molecule has 2 heterocycles. The van der Waals surface area contributed by atoms with E-state index in [0.29, 0.717) is 28.8 Å². The van der Waals surface area contributed by atoms with Crippen LogP contribution in [0.5, 0.6) is 5.75 Å². The van der Waals surface area contributed by atoms with Gasteiger partial charge in [0.2, 0.25) is 5.91 Å². The average molecular weight is 428 g/mol. The van der Waals surface area contributed by atoms with Crippen molar-refractivity contribution in [3.05, 3.63) is 53.6 Å². The van der Waals surface area contributed by atoms with Crippen molar-refractivity contribution in [3.63, 3.8) is 0 Å². The topological polar surface area (TPSA) is 104 Å². The second kappa shape index (κ2) is 8.11. The van der Waals surface area contributed by atoms with Crippen LogP contribution in [-0.2, 0) is 14.4 Å². The number of nitrogens with one attached hydrogen (secondary N) is 1. The zero-order valence-corrected chi connectivity index (χ0v) is 16.7. The quantitative estimate of drug-likeness (QED) is 0.714. The Morgan fingerprint density at radius 3 is 2.63 bits per heavy atom. The van der Waals surface area contributed by atoms with E-state index in [4.69, 9.17) is 16.3 Å². The number of hydrogen-bond donors (Lipinski definition) is 1. The molecule has 4 rings (SSSR count). The summed E-state index contributed by atoms with van der Waals surface area (Å²) in [6.07, 6.45) is 0. The molecule has 2 atom stereocenters. The summed E-state index contributed by atoms with van der Waals surface area (Å²) in [5, 5.41) is 12.1. The third-order valence-electron chi connectivity index (χ3n) is 4.68. The molecule has 1 fully saturated rings. The molecule has 2 aliphatic rings. The van der Waals surface area contributed by atoms with Crippen LogP contribution < -0.4 is 15.0 Å². The van der Waals surface area contributed by atoms with Gasteiger partial charge in [-0.25, -0.2) is 4.90 Å². The number of carbonyl (C=O) groups is 3. The molecule has 0 aliphatic carbocycles. The van der Waals surface area contributed by atoms with Crippen LogP contribution in [0.15, 0.2) is 58.9 Å². The predicted octanol–water partition coefficient (Wildman–Crippen LogP) is 2.67. The molecule has 0 bridgehead atoms. The van der Waals surface area contributed by atoms with Gasteiger partial charge in [-0.05, 0) is 49.4 Å². The number of hydrogen-bond acceptors (Lipinski definition) is 7. The molecule has 3 amide bonds. The largest absolute Gasteiger partial charge is 0.494 e. The molecule has 0 unspecified atom stereocenters. The lowest BCUT2D eigenvalue weighted by Gasteiger charge is -2.20. The number of benzene rings is 2. The van der Waals surface area contributed by atoms with Crippen LogP contribution in [0.3, 0.4) is 0 Å². The SMILES string of the molecule is CCOc1ccc(NC(=O)CN2N=N[C@@H]3C(=O)N(c4cccc(Cl)c4)C(=O)[C@@H]32)cc1. The van der Waals surface area contributed by atoms with Gasteiger partial charge in [-0.1, -0.05) is 22.9 Å². The molecule has 154 valence electrons. The highest BCUT2D eigenvalue weighted by Crippen LogP contribution is 2.32. The van der Waals surface area contributed by atoms with Crippen molar-refractivity contribution in [1.29, 1.82) is 0 Å². The summed E-state index contributed by atoms with van der Waals surface area (Å²) in [6.45, 7) is 2.21. The van der Waals surface area contributed by atoms with Crippen LogP contribution in [0.2, 0.25) is 5.02 Å². The van der Waals surface area contributed by atoms with E-state index in [-0.39, 0.29) is 12.5 Å². The number of carbonyl (C=O) groups excluding carboxylic acids is 3. The molecule has 0 radical (unpaired) electrons.